The molecule has 1 saturated heterocycles. The minimum Gasteiger partial charge on any atom is -0.334 e. The maximum absolute atomic E-state index is 13.0. The number of aromatic nitrogens is 3. The second-order valence-electron chi connectivity index (χ2n) is 7.99. The summed E-state index contributed by atoms with van der Waals surface area (Å²) in [6.45, 7) is 6.37. The van der Waals surface area contributed by atoms with Crippen molar-refractivity contribution < 1.29 is 13.2 Å². The summed E-state index contributed by atoms with van der Waals surface area (Å²) in [6, 6.07) is 8.78. The van der Waals surface area contributed by atoms with E-state index in [4.69, 9.17) is 0 Å². The number of hydrogen-bond donors (Lipinski definition) is 0. The maximum atomic E-state index is 13.0. The molecule has 30 heavy (non-hydrogen) atoms. The van der Waals surface area contributed by atoms with Gasteiger partial charge in [0.2, 0.25) is 5.91 Å². The Balaban J connectivity index is 1.52. The van der Waals surface area contributed by atoms with Crippen LogP contribution >= 0.6 is 0 Å². The summed E-state index contributed by atoms with van der Waals surface area (Å²) in [6.07, 6.45) is 3.41. The van der Waals surface area contributed by atoms with Crippen LogP contribution in [0.1, 0.15) is 47.8 Å². The second kappa shape index (κ2) is 7.83. The molecule has 0 unspecified atom stereocenters. The molecule has 3 heterocycles. The van der Waals surface area contributed by atoms with E-state index in [0.29, 0.717) is 6.54 Å². The van der Waals surface area contributed by atoms with Gasteiger partial charge in [0.05, 0.1) is 28.1 Å². The number of benzene rings is 1. The van der Waals surface area contributed by atoms with Crippen LogP contribution in [0.4, 0.5) is 0 Å². The molecule has 0 saturated carbocycles. The molecule has 0 spiro atoms. The molecular formula is C22H26N4O3S. The molecule has 0 aliphatic carbocycles. The van der Waals surface area contributed by atoms with Crippen LogP contribution in [-0.2, 0) is 14.6 Å². The molecule has 1 atom stereocenters. The first-order valence-corrected chi connectivity index (χ1v) is 11.8. The monoisotopic (exact) mass is 426 g/mol. The summed E-state index contributed by atoms with van der Waals surface area (Å²) >= 11 is 0. The molecule has 1 fully saturated rings. The van der Waals surface area contributed by atoms with Crippen LogP contribution in [0.2, 0.25) is 0 Å². The van der Waals surface area contributed by atoms with E-state index in [2.05, 4.69) is 10.1 Å². The molecule has 8 heteroatoms. The number of nitrogens with zero attached hydrogens (tertiary/aromatic N) is 4. The van der Waals surface area contributed by atoms with Gasteiger partial charge in [-0.05, 0) is 62.9 Å². The van der Waals surface area contributed by atoms with Gasteiger partial charge in [0.15, 0.2) is 15.5 Å². The van der Waals surface area contributed by atoms with Crippen molar-refractivity contribution in [3.63, 3.8) is 0 Å². The zero-order valence-corrected chi connectivity index (χ0v) is 18.3. The SMILES string of the molecule is Cc1cc2nccc([C@H]3CCCN3C(=O)CCS(=O)(=O)c3ccc(C)c(C)c3)n2n1. The summed E-state index contributed by atoms with van der Waals surface area (Å²) in [4.78, 5) is 19.4. The van der Waals surface area contributed by atoms with Gasteiger partial charge in [-0.25, -0.2) is 17.9 Å². The molecule has 0 radical (unpaired) electrons. The van der Waals surface area contributed by atoms with Crippen molar-refractivity contribution in [3.8, 4) is 0 Å². The zero-order chi connectivity index (χ0) is 21.5. The van der Waals surface area contributed by atoms with E-state index in [1.54, 1.807) is 33.8 Å². The summed E-state index contributed by atoms with van der Waals surface area (Å²) in [7, 11) is -3.51. The lowest BCUT2D eigenvalue weighted by Gasteiger charge is -2.25. The number of aryl methyl sites for hydroxylation is 3. The predicted molar refractivity (Wildman–Crippen MR) is 114 cm³/mol. The number of likely N-dealkylation sites (tertiary alicyclic amines) is 1. The third kappa shape index (κ3) is 3.84. The highest BCUT2D eigenvalue weighted by Gasteiger charge is 2.32. The minimum atomic E-state index is -3.51. The van der Waals surface area contributed by atoms with E-state index in [1.807, 2.05) is 32.9 Å². The summed E-state index contributed by atoms with van der Waals surface area (Å²) in [5, 5.41) is 4.51. The van der Waals surface area contributed by atoms with E-state index < -0.39 is 9.84 Å². The Morgan fingerprint density at radius 2 is 1.93 bits per heavy atom. The highest BCUT2D eigenvalue weighted by molar-refractivity contribution is 7.91. The average molecular weight is 427 g/mol. The van der Waals surface area contributed by atoms with Gasteiger partial charge < -0.3 is 4.90 Å². The molecule has 0 N–H and O–H groups in total. The second-order valence-corrected chi connectivity index (χ2v) is 10.1. The normalized spacial score (nSPS) is 17.0. The van der Waals surface area contributed by atoms with E-state index in [1.165, 1.54) is 0 Å². The molecule has 2 aromatic heterocycles. The first-order valence-electron chi connectivity index (χ1n) is 10.2. The third-order valence-corrected chi connectivity index (χ3v) is 7.56. The van der Waals surface area contributed by atoms with Gasteiger partial charge >= 0.3 is 0 Å². The molecular weight excluding hydrogens is 400 g/mol. The van der Waals surface area contributed by atoms with E-state index in [0.717, 1.165) is 41.0 Å². The van der Waals surface area contributed by atoms with Crippen molar-refractivity contribution in [2.75, 3.05) is 12.3 Å². The average Bonchev–Trinajstić information content (AvgIpc) is 3.33. The van der Waals surface area contributed by atoms with Crippen molar-refractivity contribution in [3.05, 3.63) is 59.0 Å². The Morgan fingerprint density at radius 1 is 1.13 bits per heavy atom. The molecule has 1 aliphatic rings. The van der Waals surface area contributed by atoms with Crippen LogP contribution in [0.3, 0.4) is 0 Å². The predicted octanol–water partition coefficient (Wildman–Crippen LogP) is 3.18. The summed E-state index contributed by atoms with van der Waals surface area (Å²) in [5.74, 6) is -0.330. The molecule has 1 amide bonds. The Morgan fingerprint density at radius 3 is 2.70 bits per heavy atom. The lowest BCUT2D eigenvalue weighted by molar-refractivity contribution is -0.131. The fourth-order valence-electron chi connectivity index (χ4n) is 4.04. The molecule has 3 aromatic rings. The smallest absolute Gasteiger partial charge is 0.224 e. The number of carbonyl (C=O) groups excluding carboxylic acids is 1. The van der Waals surface area contributed by atoms with Crippen molar-refractivity contribution in [1.29, 1.82) is 0 Å². The van der Waals surface area contributed by atoms with Gasteiger partial charge in [0.25, 0.3) is 0 Å². The molecule has 158 valence electrons. The van der Waals surface area contributed by atoms with Crippen molar-refractivity contribution in [2.24, 2.45) is 0 Å². The zero-order valence-electron chi connectivity index (χ0n) is 17.5. The number of carbonyl (C=O) groups is 1. The molecule has 4 rings (SSSR count). The van der Waals surface area contributed by atoms with Gasteiger partial charge in [0, 0.05) is 25.2 Å². The van der Waals surface area contributed by atoms with Crippen LogP contribution in [0.25, 0.3) is 5.65 Å². The number of sulfone groups is 1. The van der Waals surface area contributed by atoms with E-state index in [-0.39, 0.29) is 29.0 Å². The molecule has 7 nitrogen and oxygen atoms in total. The first-order chi connectivity index (χ1) is 14.3. The van der Waals surface area contributed by atoms with Gasteiger partial charge in [-0.3, -0.25) is 4.79 Å². The van der Waals surface area contributed by atoms with Gasteiger partial charge in [-0.15, -0.1) is 0 Å². The molecule has 1 aromatic carbocycles. The van der Waals surface area contributed by atoms with E-state index >= 15 is 0 Å². The molecule has 0 bridgehead atoms. The van der Waals surface area contributed by atoms with Crippen LogP contribution in [0.5, 0.6) is 0 Å². The van der Waals surface area contributed by atoms with E-state index in [9.17, 15) is 13.2 Å². The van der Waals surface area contributed by atoms with Gasteiger partial charge in [-0.1, -0.05) is 6.07 Å². The first kappa shape index (κ1) is 20.5. The summed E-state index contributed by atoms with van der Waals surface area (Å²) < 4.78 is 27.3. The fourth-order valence-corrected chi connectivity index (χ4v) is 5.35. The standard InChI is InChI=1S/C22H26N4O3S/c1-15-6-7-18(13-16(15)2)30(28,29)12-9-22(27)25-11-4-5-19(25)20-8-10-23-21-14-17(3)24-26(20)21/h6-8,10,13-14,19H,4-5,9,11-12H2,1-3H3/t19-/m1/s1. The van der Waals surface area contributed by atoms with Crippen molar-refractivity contribution in [2.45, 2.75) is 51.0 Å². The molecule has 1 aliphatic heterocycles. The van der Waals surface area contributed by atoms with Crippen molar-refractivity contribution >= 4 is 21.4 Å². The van der Waals surface area contributed by atoms with Crippen LogP contribution in [0, 0.1) is 20.8 Å². The van der Waals surface area contributed by atoms with Crippen LogP contribution in [0.15, 0.2) is 41.4 Å². The summed E-state index contributed by atoms with van der Waals surface area (Å²) in [5.41, 5.74) is 4.50. The Bertz CT molecular complexity index is 1220. The van der Waals surface area contributed by atoms with Crippen molar-refractivity contribution in [1.82, 2.24) is 19.5 Å². The number of rotatable bonds is 5. The largest absolute Gasteiger partial charge is 0.334 e. The Kier molecular flexibility index (Phi) is 5.36. The van der Waals surface area contributed by atoms with Crippen LogP contribution in [-0.4, -0.2) is 46.1 Å². The highest BCUT2D eigenvalue weighted by atomic mass is 32.2. The topological polar surface area (TPSA) is 84.6 Å². The number of amides is 1. The fraction of sp³-hybridized carbons (Fsp3) is 0.409. The maximum Gasteiger partial charge on any atom is 0.224 e. The lowest BCUT2D eigenvalue weighted by atomic mass is 10.1. The van der Waals surface area contributed by atoms with Crippen LogP contribution < -0.4 is 0 Å². The quantitative estimate of drug-likeness (QED) is 0.626. The Hall–Kier alpha value is -2.74. The third-order valence-electron chi connectivity index (χ3n) is 5.85. The van der Waals surface area contributed by atoms with Gasteiger partial charge in [-0.2, -0.15) is 5.10 Å². The number of fused-ring (bicyclic) bond motifs is 1. The van der Waals surface area contributed by atoms with Gasteiger partial charge in [0.1, 0.15) is 0 Å². The lowest BCUT2D eigenvalue weighted by Crippen LogP contribution is -2.32. The highest BCUT2D eigenvalue weighted by Crippen LogP contribution is 2.32. The number of hydrogen-bond acceptors (Lipinski definition) is 5. The Labute approximate surface area is 176 Å². The minimum absolute atomic E-state index is 0.0296.